The number of nitrogens with two attached hydrogens (primary N) is 1. The standard InChI is InChI=1S/C25H31BN6O5/c1-24(2)25(3,4)37-26(36-24)16-11-18-21(20(12-16)35-22(27)33)30-31-23(29-18)28-17-9-15-13-32(5)8-7-14(15)10-19(17)34-6/h9-12H,7-8,13H2,1-6H3,(H2,27,33)(H,28,29,31). The van der Waals surface area contributed by atoms with E-state index in [2.05, 4.69) is 38.5 Å². The molecule has 2 aliphatic rings. The minimum atomic E-state index is -0.972. The Morgan fingerprint density at radius 1 is 1.08 bits per heavy atom. The first-order chi connectivity index (χ1) is 17.5. The van der Waals surface area contributed by atoms with Crippen molar-refractivity contribution in [3.63, 3.8) is 0 Å². The molecule has 37 heavy (non-hydrogen) atoms. The van der Waals surface area contributed by atoms with Gasteiger partial charge in [0.1, 0.15) is 5.75 Å². The zero-order valence-corrected chi connectivity index (χ0v) is 21.9. The molecule has 5 rings (SSSR count). The molecule has 1 amide bonds. The molecule has 0 radical (unpaired) electrons. The molecule has 12 heteroatoms. The molecule has 1 fully saturated rings. The van der Waals surface area contributed by atoms with Crippen molar-refractivity contribution in [2.24, 2.45) is 5.73 Å². The fourth-order valence-electron chi connectivity index (χ4n) is 4.50. The van der Waals surface area contributed by atoms with Gasteiger partial charge < -0.3 is 34.7 Å². The Morgan fingerprint density at radius 3 is 2.49 bits per heavy atom. The van der Waals surface area contributed by atoms with E-state index in [1.807, 2.05) is 33.8 Å². The molecule has 2 aliphatic heterocycles. The smallest absolute Gasteiger partial charge is 0.495 e. The summed E-state index contributed by atoms with van der Waals surface area (Å²) >= 11 is 0. The van der Waals surface area contributed by atoms with Crippen LogP contribution in [-0.2, 0) is 22.3 Å². The maximum atomic E-state index is 11.6. The highest BCUT2D eigenvalue weighted by Crippen LogP contribution is 2.37. The molecule has 1 aromatic heterocycles. The van der Waals surface area contributed by atoms with Crippen molar-refractivity contribution in [1.82, 2.24) is 20.1 Å². The second-order valence-corrected chi connectivity index (χ2v) is 10.5. The van der Waals surface area contributed by atoms with E-state index in [1.165, 1.54) is 11.1 Å². The molecule has 0 atom stereocenters. The number of rotatable bonds is 5. The number of hydrogen-bond acceptors (Lipinski definition) is 10. The summed E-state index contributed by atoms with van der Waals surface area (Å²) in [5, 5.41) is 11.7. The first-order valence-electron chi connectivity index (χ1n) is 12.1. The second-order valence-electron chi connectivity index (χ2n) is 10.5. The van der Waals surface area contributed by atoms with Gasteiger partial charge in [0, 0.05) is 13.1 Å². The summed E-state index contributed by atoms with van der Waals surface area (Å²) in [7, 11) is 3.03. The summed E-state index contributed by atoms with van der Waals surface area (Å²) < 4.78 is 23.2. The molecular formula is C25H31BN6O5. The predicted octanol–water partition coefficient (Wildman–Crippen LogP) is 2.52. The number of carbonyl (C=O) groups excluding carboxylic acids is 1. The van der Waals surface area contributed by atoms with E-state index in [0.29, 0.717) is 16.7 Å². The van der Waals surface area contributed by atoms with E-state index in [1.54, 1.807) is 19.2 Å². The van der Waals surface area contributed by atoms with Crippen LogP contribution in [0.3, 0.4) is 0 Å². The fourth-order valence-corrected chi connectivity index (χ4v) is 4.50. The lowest BCUT2D eigenvalue weighted by Gasteiger charge is -2.32. The molecule has 0 unspecified atom stereocenters. The average molecular weight is 506 g/mol. The number of hydrogen-bond donors (Lipinski definition) is 2. The van der Waals surface area contributed by atoms with Gasteiger partial charge >= 0.3 is 13.2 Å². The predicted molar refractivity (Wildman–Crippen MR) is 140 cm³/mol. The summed E-state index contributed by atoms with van der Waals surface area (Å²) in [6, 6.07) is 7.50. The Labute approximate surface area is 215 Å². The number of fused-ring (bicyclic) bond motifs is 2. The fraction of sp³-hybridized carbons (Fsp3) is 0.440. The number of anilines is 2. The van der Waals surface area contributed by atoms with Crippen LogP contribution in [0.1, 0.15) is 38.8 Å². The van der Waals surface area contributed by atoms with E-state index >= 15 is 0 Å². The van der Waals surface area contributed by atoms with Crippen LogP contribution in [0.25, 0.3) is 11.0 Å². The molecule has 3 N–H and O–H groups in total. The lowest BCUT2D eigenvalue weighted by atomic mass is 9.79. The van der Waals surface area contributed by atoms with Gasteiger partial charge in [0.2, 0.25) is 5.95 Å². The van der Waals surface area contributed by atoms with Crippen molar-refractivity contribution in [2.75, 3.05) is 26.0 Å². The third-order valence-electron chi connectivity index (χ3n) is 7.26. The number of amides is 1. The van der Waals surface area contributed by atoms with E-state index in [4.69, 9.17) is 24.5 Å². The minimum absolute atomic E-state index is 0.121. The lowest BCUT2D eigenvalue weighted by molar-refractivity contribution is 0.00578. The van der Waals surface area contributed by atoms with Gasteiger partial charge in [-0.05, 0) is 82.0 Å². The van der Waals surface area contributed by atoms with Crippen LogP contribution >= 0.6 is 0 Å². The Morgan fingerprint density at radius 2 is 1.81 bits per heavy atom. The van der Waals surface area contributed by atoms with Gasteiger partial charge in [-0.3, -0.25) is 0 Å². The highest BCUT2D eigenvalue weighted by Gasteiger charge is 2.52. The van der Waals surface area contributed by atoms with E-state index in [9.17, 15) is 4.79 Å². The van der Waals surface area contributed by atoms with Crippen LogP contribution in [0, 0.1) is 0 Å². The van der Waals surface area contributed by atoms with E-state index in [-0.39, 0.29) is 17.2 Å². The summed E-state index contributed by atoms with van der Waals surface area (Å²) in [5.41, 5.74) is 8.74. The second kappa shape index (κ2) is 9.12. The van der Waals surface area contributed by atoms with Crippen molar-refractivity contribution in [2.45, 2.75) is 51.9 Å². The van der Waals surface area contributed by atoms with Crippen LogP contribution in [0.4, 0.5) is 16.4 Å². The molecule has 194 valence electrons. The Balaban J connectivity index is 1.53. The average Bonchev–Trinajstić information content (AvgIpc) is 3.04. The van der Waals surface area contributed by atoms with Crippen molar-refractivity contribution in [3.8, 4) is 11.5 Å². The number of carbonyl (C=O) groups is 1. The number of methoxy groups -OCH3 is 1. The molecule has 3 aromatic rings. The van der Waals surface area contributed by atoms with Gasteiger partial charge in [-0.2, -0.15) is 0 Å². The summed E-state index contributed by atoms with van der Waals surface area (Å²) in [6.07, 6.45) is -0.0129. The van der Waals surface area contributed by atoms with Crippen molar-refractivity contribution in [3.05, 3.63) is 35.4 Å². The largest absolute Gasteiger partial charge is 0.495 e. The SMILES string of the molecule is COc1cc2c(cc1Nc1nnc3c(OC(N)=O)cc(B4OC(C)(C)C(C)(C)O4)cc3n1)CN(C)CC2. The van der Waals surface area contributed by atoms with Gasteiger partial charge in [-0.15, -0.1) is 10.2 Å². The van der Waals surface area contributed by atoms with Gasteiger partial charge in [0.15, 0.2) is 11.3 Å². The van der Waals surface area contributed by atoms with Crippen LogP contribution < -0.4 is 26.0 Å². The highest BCUT2D eigenvalue weighted by molar-refractivity contribution is 6.62. The molecule has 0 aliphatic carbocycles. The highest BCUT2D eigenvalue weighted by atomic mass is 16.7. The first kappa shape index (κ1) is 25.2. The maximum absolute atomic E-state index is 11.6. The molecule has 3 heterocycles. The van der Waals surface area contributed by atoms with Gasteiger partial charge in [0.25, 0.3) is 0 Å². The number of nitrogens with one attached hydrogen (secondary N) is 1. The quantitative estimate of drug-likeness (QED) is 0.497. The number of primary amides is 1. The number of nitrogens with zero attached hydrogens (tertiary/aromatic N) is 4. The lowest BCUT2D eigenvalue weighted by Crippen LogP contribution is -2.41. The maximum Gasteiger partial charge on any atom is 0.495 e. The zero-order valence-electron chi connectivity index (χ0n) is 21.9. The van der Waals surface area contributed by atoms with Gasteiger partial charge in [-0.25, -0.2) is 9.78 Å². The monoisotopic (exact) mass is 506 g/mol. The number of likely N-dealkylation sites (N-methyl/N-ethyl adjacent to an activating group) is 1. The molecule has 0 spiro atoms. The molecule has 0 saturated carbocycles. The normalized spacial score (nSPS) is 18.5. The number of benzene rings is 2. The minimum Gasteiger partial charge on any atom is -0.495 e. The van der Waals surface area contributed by atoms with Crippen molar-refractivity contribution >= 4 is 41.3 Å². The summed E-state index contributed by atoms with van der Waals surface area (Å²) in [4.78, 5) is 18.5. The Kier molecular flexibility index (Phi) is 6.21. The molecule has 2 aromatic carbocycles. The van der Waals surface area contributed by atoms with Crippen molar-refractivity contribution < 1.29 is 23.6 Å². The van der Waals surface area contributed by atoms with Crippen molar-refractivity contribution in [1.29, 1.82) is 0 Å². The molecule has 11 nitrogen and oxygen atoms in total. The number of aromatic nitrogens is 3. The third kappa shape index (κ3) is 4.79. The summed E-state index contributed by atoms with van der Waals surface area (Å²) in [6.45, 7) is 9.70. The molecular weight excluding hydrogens is 475 g/mol. The Bertz CT molecular complexity index is 1370. The summed E-state index contributed by atoms with van der Waals surface area (Å²) in [5.74, 6) is 1.07. The number of ether oxygens (including phenoxy) is 2. The van der Waals surface area contributed by atoms with Gasteiger partial charge in [0.05, 0.1) is 29.5 Å². The van der Waals surface area contributed by atoms with Crippen LogP contribution in [0.5, 0.6) is 11.5 Å². The Hall–Kier alpha value is -3.48. The topological polar surface area (TPSA) is 134 Å². The zero-order chi connectivity index (χ0) is 26.5. The molecule has 1 saturated heterocycles. The molecule has 0 bridgehead atoms. The van der Waals surface area contributed by atoms with Gasteiger partial charge in [-0.1, -0.05) is 0 Å². The van der Waals surface area contributed by atoms with E-state index in [0.717, 1.165) is 25.2 Å². The van der Waals surface area contributed by atoms with Crippen LogP contribution in [0.15, 0.2) is 24.3 Å². The van der Waals surface area contributed by atoms with Crippen LogP contribution in [0.2, 0.25) is 0 Å². The third-order valence-corrected chi connectivity index (χ3v) is 7.26. The first-order valence-corrected chi connectivity index (χ1v) is 12.1. The van der Waals surface area contributed by atoms with E-state index < -0.39 is 24.4 Å². The van der Waals surface area contributed by atoms with Crippen LogP contribution in [-0.4, -0.2) is 65.2 Å².